The van der Waals surface area contributed by atoms with E-state index in [9.17, 15) is 9.59 Å². The SMILES string of the molecule is CC(O)CCC(=O)NC1CCN(C(=O)C(C)(C)C)CC1. The molecule has 1 atom stereocenters. The number of nitrogens with zero attached hydrogens (tertiary/aromatic N) is 1. The van der Waals surface area contributed by atoms with Gasteiger partial charge in [-0.1, -0.05) is 20.8 Å². The molecule has 1 aliphatic heterocycles. The molecule has 0 saturated carbocycles. The van der Waals surface area contributed by atoms with Gasteiger partial charge < -0.3 is 15.3 Å². The normalized spacial score (nSPS) is 18.8. The average Bonchev–Trinajstić information content (AvgIpc) is 2.35. The number of rotatable bonds is 4. The summed E-state index contributed by atoms with van der Waals surface area (Å²) in [7, 11) is 0. The Hall–Kier alpha value is -1.10. The highest BCUT2D eigenvalue weighted by Crippen LogP contribution is 2.21. The van der Waals surface area contributed by atoms with E-state index in [4.69, 9.17) is 5.11 Å². The van der Waals surface area contributed by atoms with Gasteiger partial charge in [0.05, 0.1) is 6.10 Å². The molecule has 5 heteroatoms. The molecule has 1 unspecified atom stereocenters. The third-order valence-corrected chi connectivity index (χ3v) is 3.58. The van der Waals surface area contributed by atoms with Gasteiger partial charge in [0.2, 0.25) is 11.8 Å². The summed E-state index contributed by atoms with van der Waals surface area (Å²) in [6.45, 7) is 8.89. The number of aliphatic hydroxyl groups excluding tert-OH is 1. The molecule has 0 aromatic heterocycles. The van der Waals surface area contributed by atoms with Crippen LogP contribution in [0.25, 0.3) is 0 Å². The monoisotopic (exact) mass is 284 g/mol. The van der Waals surface area contributed by atoms with Crippen LogP contribution in [0.4, 0.5) is 0 Å². The highest BCUT2D eigenvalue weighted by Gasteiger charge is 2.30. The molecule has 0 spiro atoms. The van der Waals surface area contributed by atoms with E-state index in [0.29, 0.717) is 25.9 Å². The number of hydrogen-bond acceptors (Lipinski definition) is 3. The van der Waals surface area contributed by atoms with Crippen LogP contribution in [-0.4, -0.2) is 47.1 Å². The van der Waals surface area contributed by atoms with Gasteiger partial charge in [-0.15, -0.1) is 0 Å². The number of carbonyl (C=O) groups is 2. The van der Waals surface area contributed by atoms with Gasteiger partial charge in [-0.05, 0) is 26.2 Å². The first-order valence-electron chi connectivity index (χ1n) is 7.47. The number of piperidine rings is 1. The van der Waals surface area contributed by atoms with Gasteiger partial charge in [0.15, 0.2) is 0 Å². The van der Waals surface area contributed by atoms with Crippen LogP contribution >= 0.6 is 0 Å². The maximum Gasteiger partial charge on any atom is 0.227 e. The lowest BCUT2D eigenvalue weighted by molar-refractivity contribution is -0.140. The van der Waals surface area contributed by atoms with E-state index < -0.39 is 6.10 Å². The van der Waals surface area contributed by atoms with Crippen LogP contribution in [0, 0.1) is 5.41 Å². The van der Waals surface area contributed by atoms with Crippen molar-refractivity contribution in [2.75, 3.05) is 13.1 Å². The van der Waals surface area contributed by atoms with E-state index in [0.717, 1.165) is 12.8 Å². The maximum absolute atomic E-state index is 12.1. The molecule has 0 bridgehead atoms. The third-order valence-electron chi connectivity index (χ3n) is 3.58. The van der Waals surface area contributed by atoms with Gasteiger partial charge in [-0.3, -0.25) is 9.59 Å². The minimum atomic E-state index is -0.438. The van der Waals surface area contributed by atoms with Crippen LogP contribution in [0.15, 0.2) is 0 Å². The molecular weight excluding hydrogens is 256 g/mol. The van der Waals surface area contributed by atoms with Crippen molar-refractivity contribution in [2.24, 2.45) is 5.41 Å². The summed E-state index contributed by atoms with van der Waals surface area (Å²) in [4.78, 5) is 25.7. The van der Waals surface area contributed by atoms with Crippen LogP contribution in [0.2, 0.25) is 0 Å². The van der Waals surface area contributed by atoms with Gasteiger partial charge in [-0.2, -0.15) is 0 Å². The summed E-state index contributed by atoms with van der Waals surface area (Å²) in [6.07, 6.45) is 2.03. The van der Waals surface area contributed by atoms with Crippen molar-refractivity contribution in [3.8, 4) is 0 Å². The van der Waals surface area contributed by atoms with E-state index in [1.54, 1.807) is 6.92 Å². The van der Waals surface area contributed by atoms with Crippen LogP contribution in [0.3, 0.4) is 0 Å². The summed E-state index contributed by atoms with van der Waals surface area (Å²) in [5.74, 6) is 0.169. The summed E-state index contributed by atoms with van der Waals surface area (Å²) >= 11 is 0. The number of hydrogen-bond donors (Lipinski definition) is 2. The lowest BCUT2D eigenvalue weighted by Gasteiger charge is -2.36. The highest BCUT2D eigenvalue weighted by molar-refractivity contribution is 5.81. The Morgan fingerprint density at radius 1 is 1.30 bits per heavy atom. The number of carbonyl (C=O) groups excluding carboxylic acids is 2. The van der Waals surface area contributed by atoms with E-state index in [1.807, 2.05) is 25.7 Å². The molecule has 0 aromatic carbocycles. The minimum absolute atomic E-state index is 0.00787. The lowest BCUT2D eigenvalue weighted by Crippen LogP contribution is -2.49. The molecule has 116 valence electrons. The Balaban J connectivity index is 2.32. The smallest absolute Gasteiger partial charge is 0.227 e. The van der Waals surface area contributed by atoms with E-state index in [1.165, 1.54) is 0 Å². The molecule has 1 rings (SSSR count). The zero-order valence-electron chi connectivity index (χ0n) is 13.1. The summed E-state index contributed by atoms with van der Waals surface area (Å²) < 4.78 is 0. The number of amides is 2. The summed E-state index contributed by atoms with van der Waals surface area (Å²) in [5, 5.41) is 12.1. The molecule has 0 aromatic rings. The molecule has 1 fully saturated rings. The zero-order chi connectivity index (χ0) is 15.3. The van der Waals surface area contributed by atoms with Crippen molar-refractivity contribution in [1.29, 1.82) is 0 Å². The van der Waals surface area contributed by atoms with Crippen LogP contribution in [-0.2, 0) is 9.59 Å². The molecule has 20 heavy (non-hydrogen) atoms. The Morgan fingerprint density at radius 3 is 2.30 bits per heavy atom. The molecule has 1 aliphatic rings. The molecule has 1 heterocycles. The summed E-state index contributed by atoms with van der Waals surface area (Å²) in [6, 6.07) is 0.153. The first kappa shape index (κ1) is 17.0. The second-order valence-corrected chi connectivity index (χ2v) is 6.77. The van der Waals surface area contributed by atoms with Crippen molar-refractivity contribution in [1.82, 2.24) is 10.2 Å². The van der Waals surface area contributed by atoms with E-state index in [2.05, 4.69) is 5.32 Å². The molecule has 5 nitrogen and oxygen atoms in total. The largest absolute Gasteiger partial charge is 0.393 e. The molecule has 2 amide bonds. The molecule has 0 radical (unpaired) electrons. The van der Waals surface area contributed by atoms with Gasteiger partial charge in [-0.25, -0.2) is 0 Å². The Morgan fingerprint density at radius 2 is 1.85 bits per heavy atom. The van der Waals surface area contributed by atoms with Crippen LogP contribution in [0.5, 0.6) is 0 Å². The topological polar surface area (TPSA) is 69.6 Å². The molecule has 2 N–H and O–H groups in total. The zero-order valence-corrected chi connectivity index (χ0v) is 13.1. The minimum Gasteiger partial charge on any atom is -0.393 e. The molecular formula is C15H28N2O3. The lowest BCUT2D eigenvalue weighted by atomic mass is 9.93. The second kappa shape index (κ2) is 7.07. The Bertz CT molecular complexity index is 340. The van der Waals surface area contributed by atoms with Crippen molar-refractivity contribution < 1.29 is 14.7 Å². The standard InChI is InChI=1S/C15H28N2O3/c1-11(18)5-6-13(19)16-12-7-9-17(10-8-12)14(20)15(2,3)4/h11-12,18H,5-10H2,1-4H3,(H,16,19). The predicted octanol–water partition coefficient (Wildman–Crippen LogP) is 1.30. The quantitative estimate of drug-likeness (QED) is 0.817. The van der Waals surface area contributed by atoms with E-state index >= 15 is 0 Å². The predicted molar refractivity (Wildman–Crippen MR) is 78.1 cm³/mol. The first-order valence-corrected chi connectivity index (χ1v) is 7.47. The Kier molecular flexibility index (Phi) is 5.99. The van der Waals surface area contributed by atoms with Gasteiger partial charge in [0, 0.05) is 31.0 Å². The molecule has 1 saturated heterocycles. The van der Waals surface area contributed by atoms with Gasteiger partial charge in [0.1, 0.15) is 0 Å². The van der Waals surface area contributed by atoms with Gasteiger partial charge in [0.25, 0.3) is 0 Å². The fraction of sp³-hybridized carbons (Fsp3) is 0.867. The number of nitrogens with one attached hydrogen (secondary N) is 1. The maximum atomic E-state index is 12.1. The van der Waals surface area contributed by atoms with Crippen LogP contribution in [0.1, 0.15) is 53.4 Å². The Labute approximate surface area is 121 Å². The second-order valence-electron chi connectivity index (χ2n) is 6.77. The number of aliphatic hydroxyl groups is 1. The van der Waals surface area contributed by atoms with Crippen molar-refractivity contribution in [3.63, 3.8) is 0 Å². The highest BCUT2D eigenvalue weighted by atomic mass is 16.3. The van der Waals surface area contributed by atoms with Crippen molar-refractivity contribution in [2.45, 2.75) is 65.5 Å². The summed E-state index contributed by atoms with van der Waals surface area (Å²) in [5.41, 5.74) is -0.340. The first-order chi connectivity index (χ1) is 9.20. The fourth-order valence-electron chi connectivity index (χ4n) is 2.34. The van der Waals surface area contributed by atoms with Crippen molar-refractivity contribution in [3.05, 3.63) is 0 Å². The number of likely N-dealkylation sites (tertiary alicyclic amines) is 1. The third kappa shape index (κ3) is 5.49. The molecule has 0 aliphatic carbocycles. The fourth-order valence-corrected chi connectivity index (χ4v) is 2.34. The van der Waals surface area contributed by atoms with E-state index in [-0.39, 0.29) is 23.3 Å². The van der Waals surface area contributed by atoms with Crippen molar-refractivity contribution >= 4 is 11.8 Å². The average molecular weight is 284 g/mol. The van der Waals surface area contributed by atoms with Crippen LogP contribution < -0.4 is 5.32 Å². The van der Waals surface area contributed by atoms with Gasteiger partial charge >= 0.3 is 0 Å².